The second-order valence-electron chi connectivity index (χ2n) is 7.10. The zero-order valence-corrected chi connectivity index (χ0v) is 17.8. The number of thiophene rings is 1. The smallest absolute Gasteiger partial charge is 0.0768 e. The maximum Gasteiger partial charge on any atom is 0.0768 e. The highest BCUT2D eigenvalue weighted by molar-refractivity contribution is 7.10. The van der Waals surface area contributed by atoms with Crippen molar-refractivity contribution in [3.05, 3.63) is 22.4 Å². The van der Waals surface area contributed by atoms with Crippen LogP contribution in [0.15, 0.2) is 17.5 Å². The van der Waals surface area contributed by atoms with Crippen molar-refractivity contribution in [2.24, 2.45) is 0 Å². The van der Waals surface area contributed by atoms with Gasteiger partial charge in [0.2, 0.25) is 0 Å². The highest BCUT2D eigenvalue weighted by atomic mass is 32.1. The van der Waals surface area contributed by atoms with Crippen molar-refractivity contribution >= 4 is 11.3 Å². The Morgan fingerprint density at radius 2 is 1.50 bits per heavy atom. The lowest BCUT2D eigenvalue weighted by Gasteiger charge is -2.08. The molecule has 0 saturated heterocycles. The van der Waals surface area contributed by atoms with Gasteiger partial charge in [-0.25, -0.2) is 0 Å². The van der Waals surface area contributed by atoms with E-state index in [1.54, 1.807) is 11.3 Å². The van der Waals surface area contributed by atoms with Gasteiger partial charge in [0.1, 0.15) is 0 Å². The van der Waals surface area contributed by atoms with Crippen LogP contribution in [0.5, 0.6) is 0 Å². The predicted octanol–water partition coefficient (Wildman–Crippen LogP) is 6.83. The lowest BCUT2D eigenvalue weighted by molar-refractivity contribution is 0.0186. The van der Waals surface area contributed by atoms with Crippen LogP contribution < -0.4 is 0 Å². The molecule has 0 fully saturated rings. The van der Waals surface area contributed by atoms with E-state index in [0.717, 1.165) is 26.2 Å². The van der Waals surface area contributed by atoms with Crippen molar-refractivity contribution in [2.45, 2.75) is 90.6 Å². The topological polar surface area (TPSA) is 18.5 Å². The highest BCUT2D eigenvalue weighted by Gasteiger charge is 1.95. The van der Waals surface area contributed by atoms with Gasteiger partial charge < -0.3 is 9.47 Å². The summed E-state index contributed by atoms with van der Waals surface area (Å²) >= 11 is 1.73. The maximum absolute atomic E-state index is 5.57. The second kappa shape index (κ2) is 17.6. The molecule has 0 atom stereocenters. The molecule has 0 aliphatic rings. The van der Waals surface area contributed by atoms with Crippen LogP contribution in [0.1, 0.15) is 89.4 Å². The van der Waals surface area contributed by atoms with Gasteiger partial charge in [0, 0.05) is 13.0 Å². The molecule has 0 aromatic carbocycles. The van der Waals surface area contributed by atoms with Gasteiger partial charge in [-0.15, -0.1) is 11.3 Å². The van der Waals surface area contributed by atoms with Gasteiger partial charge in [-0.05, 0) is 38.1 Å². The molecule has 0 aliphatic heterocycles. The van der Waals surface area contributed by atoms with Crippen molar-refractivity contribution in [1.29, 1.82) is 0 Å². The van der Waals surface area contributed by atoms with E-state index in [2.05, 4.69) is 43.2 Å². The number of unbranched alkanes of at least 4 members (excludes halogenated alkanes) is 10. The Bertz CT molecular complexity index is 456. The predicted molar refractivity (Wildman–Crippen MR) is 114 cm³/mol. The van der Waals surface area contributed by atoms with Crippen LogP contribution in [0.25, 0.3) is 0 Å². The van der Waals surface area contributed by atoms with Gasteiger partial charge in [-0.1, -0.05) is 69.3 Å². The summed E-state index contributed by atoms with van der Waals surface area (Å²) in [6.45, 7) is 6.46. The average Bonchev–Trinajstić information content (AvgIpc) is 3.14. The van der Waals surface area contributed by atoms with Gasteiger partial charge >= 0.3 is 0 Å². The fourth-order valence-corrected chi connectivity index (χ4v) is 3.37. The normalized spacial score (nSPS) is 10.9. The molecule has 2 nitrogen and oxygen atoms in total. The Balaban J connectivity index is 1.71. The quantitative estimate of drug-likeness (QED) is 0.232. The summed E-state index contributed by atoms with van der Waals surface area (Å²) in [6, 6.07) is 4.15. The molecule has 3 heteroatoms. The molecule has 0 unspecified atom stereocenters. The van der Waals surface area contributed by atoms with E-state index in [0.29, 0.717) is 6.10 Å². The van der Waals surface area contributed by atoms with Crippen LogP contribution in [0.2, 0.25) is 0 Å². The number of ether oxygens (including phenoxy) is 2. The van der Waals surface area contributed by atoms with Gasteiger partial charge in [0.05, 0.1) is 24.2 Å². The second-order valence-corrected chi connectivity index (χ2v) is 8.04. The summed E-state index contributed by atoms with van der Waals surface area (Å²) in [4.78, 5) is 1.19. The molecule has 1 heterocycles. The average molecular weight is 379 g/mol. The molecule has 0 aliphatic carbocycles. The van der Waals surface area contributed by atoms with Gasteiger partial charge in [0.15, 0.2) is 0 Å². The molecule has 0 spiro atoms. The third-order valence-corrected chi connectivity index (χ3v) is 5.04. The van der Waals surface area contributed by atoms with E-state index >= 15 is 0 Å². The fourth-order valence-electron chi connectivity index (χ4n) is 2.78. The van der Waals surface area contributed by atoms with E-state index in [1.807, 2.05) is 0 Å². The zero-order valence-electron chi connectivity index (χ0n) is 16.9. The van der Waals surface area contributed by atoms with Crippen molar-refractivity contribution in [1.82, 2.24) is 0 Å². The summed E-state index contributed by atoms with van der Waals surface area (Å²) in [6.07, 6.45) is 14.7. The molecule has 0 radical (unpaired) electrons. The third kappa shape index (κ3) is 15.4. The summed E-state index contributed by atoms with van der Waals surface area (Å²) in [5, 5.41) is 2.09. The first kappa shape index (κ1) is 23.2. The van der Waals surface area contributed by atoms with Crippen LogP contribution in [0.3, 0.4) is 0 Å². The minimum Gasteiger partial charge on any atom is -0.379 e. The van der Waals surface area contributed by atoms with Gasteiger partial charge in [0.25, 0.3) is 0 Å². The Hall–Kier alpha value is -0.820. The lowest BCUT2D eigenvalue weighted by atomic mass is 10.1. The molecule has 0 N–H and O–H groups in total. The Kier molecular flexibility index (Phi) is 15.7. The first-order chi connectivity index (χ1) is 12.8. The molecule has 1 aromatic heterocycles. The first-order valence-electron chi connectivity index (χ1n) is 10.5. The maximum atomic E-state index is 5.57. The SMILES string of the molecule is CC(C)OCCOCCCCCCCCCCCCC#Cc1cccs1. The summed E-state index contributed by atoms with van der Waals surface area (Å²) in [7, 11) is 0. The molecule has 1 aromatic rings. The standard InChI is InChI=1S/C23H38O2S/c1-22(2)25-20-19-24-18-14-12-10-8-6-4-3-5-7-9-11-13-16-23-17-15-21-26-23/h15,17,21-22H,3-12,14,18-20H2,1-2H3. The van der Waals surface area contributed by atoms with Crippen molar-refractivity contribution < 1.29 is 9.47 Å². The van der Waals surface area contributed by atoms with Crippen LogP contribution in [0, 0.1) is 11.8 Å². The van der Waals surface area contributed by atoms with Gasteiger partial charge in [-0.3, -0.25) is 0 Å². The highest BCUT2D eigenvalue weighted by Crippen LogP contribution is 2.11. The Morgan fingerprint density at radius 1 is 0.846 bits per heavy atom. The Morgan fingerprint density at radius 3 is 2.12 bits per heavy atom. The Labute approximate surface area is 165 Å². The lowest BCUT2D eigenvalue weighted by Crippen LogP contribution is -2.10. The molecule has 0 bridgehead atoms. The first-order valence-corrected chi connectivity index (χ1v) is 11.4. The van der Waals surface area contributed by atoms with E-state index < -0.39 is 0 Å². The van der Waals surface area contributed by atoms with E-state index in [1.165, 1.54) is 69.1 Å². The summed E-state index contributed by atoms with van der Waals surface area (Å²) < 4.78 is 11.0. The minimum absolute atomic E-state index is 0.309. The molecule has 148 valence electrons. The largest absolute Gasteiger partial charge is 0.379 e. The molecule has 26 heavy (non-hydrogen) atoms. The molecule has 0 saturated carbocycles. The fraction of sp³-hybridized carbons (Fsp3) is 0.739. The van der Waals surface area contributed by atoms with E-state index in [-0.39, 0.29) is 0 Å². The van der Waals surface area contributed by atoms with Crippen LogP contribution in [-0.4, -0.2) is 25.9 Å². The van der Waals surface area contributed by atoms with Gasteiger partial charge in [-0.2, -0.15) is 0 Å². The van der Waals surface area contributed by atoms with Crippen molar-refractivity contribution in [3.8, 4) is 11.8 Å². The van der Waals surface area contributed by atoms with Crippen molar-refractivity contribution in [3.63, 3.8) is 0 Å². The number of rotatable bonds is 16. The van der Waals surface area contributed by atoms with E-state index in [4.69, 9.17) is 9.47 Å². The number of hydrogen-bond acceptors (Lipinski definition) is 3. The summed E-state index contributed by atoms with van der Waals surface area (Å²) in [5.74, 6) is 6.51. The molecular weight excluding hydrogens is 340 g/mol. The molecule has 1 rings (SSSR count). The monoisotopic (exact) mass is 378 g/mol. The summed E-state index contributed by atoms with van der Waals surface area (Å²) in [5.41, 5.74) is 0. The number of hydrogen-bond donors (Lipinski definition) is 0. The zero-order chi connectivity index (χ0) is 18.7. The van der Waals surface area contributed by atoms with Crippen molar-refractivity contribution in [2.75, 3.05) is 19.8 Å². The minimum atomic E-state index is 0.309. The third-order valence-electron chi connectivity index (χ3n) is 4.25. The van der Waals surface area contributed by atoms with Crippen LogP contribution in [0.4, 0.5) is 0 Å². The molecule has 0 amide bonds. The van der Waals surface area contributed by atoms with Crippen LogP contribution in [-0.2, 0) is 9.47 Å². The van der Waals surface area contributed by atoms with Crippen LogP contribution >= 0.6 is 11.3 Å². The van der Waals surface area contributed by atoms with E-state index in [9.17, 15) is 0 Å². The molecular formula is C23H38O2S.